The summed E-state index contributed by atoms with van der Waals surface area (Å²) in [5.74, 6) is 5.71. The molecule has 0 radical (unpaired) electrons. The summed E-state index contributed by atoms with van der Waals surface area (Å²) in [5, 5.41) is 12.3. The molecule has 0 bridgehead atoms. The normalized spacial score (nSPS) is 15.7. The summed E-state index contributed by atoms with van der Waals surface area (Å²) in [5.41, 5.74) is 7.65. The van der Waals surface area contributed by atoms with E-state index in [1.807, 2.05) is 13.0 Å². The number of carboxylic acid groups (broad SMARTS) is 1. The number of nitrogens with two attached hydrogens (primary N) is 2. The van der Waals surface area contributed by atoms with Gasteiger partial charge in [-0.1, -0.05) is 18.2 Å². The Morgan fingerprint density at radius 3 is 2.47 bits per heavy atom. The van der Waals surface area contributed by atoms with Gasteiger partial charge in [-0.3, -0.25) is 14.5 Å². The first-order chi connectivity index (χ1) is 16.3. The van der Waals surface area contributed by atoms with Crippen LogP contribution >= 0.6 is 0 Å². The van der Waals surface area contributed by atoms with Crippen molar-refractivity contribution in [3.63, 3.8) is 0 Å². The second-order valence-electron chi connectivity index (χ2n) is 8.14. The highest BCUT2D eigenvalue weighted by Gasteiger charge is 2.34. The van der Waals surface area contributed by atoms with Gasteiger partial charge in [-0.2, -0.15) is 0 Å². The van der Waals surface area contributed by atoms with E-state index in [-0.39, 0.29) is 23.1 Å². The van der Waals surface area contributed by atoms with Crippen molar-refractivity contribution in [1.82, 2.24) is 19.5 Å². The average molecular weight is 463 g/mol. The Morgan fingerprint density at radius 2 is 1.85 bits per heavy atom. The molecule has 176 valence electrons. The summed E-state index contributed by atoms with van der Waals surface area (Å²) in [6.45, 7) is 2.26. The van der Waals surface area contributed by atoms with Gasteiger partial charge in [-0.25, -0.2) is 19.4 Å². The van der Waals surface area contributed by atoms with Crippen molar-refractivity contribution in [3.05, 3.63) is 65.2 Å². The van der Waals surface area contributed by atoms with Crippen molar-refractivity contribution in [2.45, 2.75) is 32.2 Å². The molecule has 0 unspecified atom stereocenters. The number of benzene rings is 1. The molecule has 1 fully saturated rings. The number of hydrogen-bond donors (Lipinski definition) is 4. The smallest absolute Gasteiger partial charge is 0.407 e. The fourth-order valence-electron chi connectivity index (χ4n) is 4.06. The van der Waals surface area contributed by atoms with Crippen LogP contribution in [0.1, 0.15) is 57.5 Å². The van der Waals surface area contributed by atoms with Gasteiger partial charge in [0.15, 0.2) is 11.5 Å². The summed E-state index contributed by atoms with van der Waals surface area (Å²) in [6.07, 6.45) is 2.66. The number of primary amides is 1. The van der Waals surface area contributed by atoms with Crippen molar-refractivity contribution in [2.75, 3.05) is 17.7 Å². The first-order valence-electron chi connectivity index (χ1n) is 10.8. The molecule has 3 amide bonds. The number of imidazole rings is 1. The lowest BCUT2D eigenvalue weighted by Gasteiger charge is -2.32. The van der Waals surface area contributed by atoms with E-state index in [1.54, 1.807) is 36.5 Å². The van der Waals surface area contributed by atoms with E-state index in [0.29, 0.717) is 29.9 Å². The van der Waals surface area contributed by atoms with Crippen LogP contribution in [0.4, 0.5) is 10.6 Å². The van der Waals surface area contributed by atoms with E-state index < -0.39 is 18.0 Å². The van der Waals surface area contributed by atoms with Gasteiger partial charge in [0.1, 0.15) is 11.5 Å². The van der Waals surface area contributed by atoms with Crippen molar-refractivity contribution in [3.8, 4) is 11.3 Å². The topological polar surface area (TPSA) is 169 Å². The van der Waals surface area contributed by atoms with Crippen molar-refractivity contribution in [1.29, 1.82) is 0 Å². The molecule has 11 nitrogen and oxygen atoms in total. The van der Waals surface area contributed by atoms with Gasteiger partial charge < -0.3 is 22.0 Å². The molecule has 34 heavy (non-hydrogen) atoms. The Morgan fingerprint density at radius 1 is 1.12 bits per heavy atom. The van der Waals surface area contributed by atoms with E-state index in [2.05, 4.69) is 15.3 Å². The first kappa shape index (κ1) is 22.8. The Kier molecular flexibility index (Phi) is 6.17. The predicted octanol–water partition coefficient (Wildman–Crippen LogP) is 2.52. The second kappa shape index (κ2) is 9.22. The lowest BCUT2D eigenvalue weighted by Crippen LogP contribution is -2.39. The van der Waals surface area contributed by atoms with Crippen LogP contribution < -0.4 is 16.9 Å². The minimum Gasteiger partial charge on any atom is -0.465 e. The molecule has 4 rings (SSSR count). The predicted molar refractivity (Wildman–Crippen MR) is 125 cm³/mol. The number of aryl methyl sites for hydroxylation is 1. The van der Waals surface area contributed by atoms with Crippen molar-refractivity contribution < 1.29 is 19.5 Å². The van der Waals surface area contributed by atoms with Crippen LogP contribution in [0.3, 0.4) is 0 Å². The van der Waals surface area contributed by atoms with Crippen molar-refractivity contribution in [2.24, 2.45) is 5.73 Å². The number of nitrogens with one attached hydrogen (secondary N) is 1. The molecule has 2 aromatic heterocycles. The number of nitrogen functional groups attached to an aromatic ring is 1. The second-order valence-corrected chi connectivity index (χ2v) is 8.14. The Bertz CT molecular complexity index is 1240. The molecule has 1 atom stereocenters. The highest BCUT2D eigenvalue weighted by Crippen LogP contribution is 2.33. The van der Waals surface area contributed by atoms with Crippen LogP contribution in [0.5, 0.6) is 0 Å². The standard InChI is InChI=1S/C23H25N7O4/c1-13-5-10-17(26-12-13)27-22(32)15-8-6-14(7-9-15)18-19(20(24)31)30(25)21(28-18)16-4-2-3-11-29(16)23(33)34/h5-10,12,16H,2-4,11,25H2,1H3,(H2,24,31)(H,33,34)(H,26,27,32)/t16-/m0/s1. The van der Waals surface area contributed by atoms with Crippen LogP contribution in [0, 0.1) is 6.92 Å². The molecule has 3 heterocycles. The van der Waals surface area contributed by atoms with Crippen LogP contribution in [-0.2, 0) is 0 Å². The fraction of sp³-hybridized carbons (Fsp3) is 0.261. The van der Waals surface area contributed by atoms with Crippen LogP contribution in [0.2, 0.25) is 0 Å². The van der Waals surface area contributed by atoms with Gasteiger partial charge in [0.2, 0.25) is 0 Å². The summed E-state index contributed by atoms with van der Waals surface area (Å²) in [4.78, 5) is 46.4. The van der Waals surface area contributed by atoms with E-state index >= 15 is 0 Å². The Balaban J connectivity index is 1.64. The number of carbonyl (C=O) groups excluding carboxylic acids is 2. The SMILES string of the molecule is Cc1ccc(NC(=O)c2ccc(-c3nc([C@@H]4CCCCN4C(=O)O)n(N)c3C(N)=O)cc2)nc1. The fourth-order valence-corrected chi connectivity index (χ4v) is 4.06. The molecular weight excluding hydrogens is 438 g/mol. The van der Waals surface area contributed by atoms with Gasteiger partial charge in [0, 0.05) is 23.9 Å². The molecule has 1 aliphatic heterocycles. The number of hydrogen-bond acceptors (Lipinski definition) is 6. The lowest BCUT2D eigenvalue weighted by molar-refractivity contribution is 0.0986. The number of carbonyl (C=O) groups is 3. The van der Waals surface area contributed by atoms with E-state index in [0.717, 1.165) is 23.1 Å². The molecule has 3 aromatic rings. The number of pyridine rings is 1. The summed E-state index contributed by atoms with van der Waals surface area (Å²) >= 11 is 0. The average Bonchev–Trinajstić information content (AvgIpc) is 3.17. The van der Waals surface area contributed by atoms with Gasteiger partial charge in [-0.15, -0.1) is 0 Å². The van der Waals surface area contributed by atoms with Gasteiger partial charge >= 0.3 is 6.09 Å². The molecule has 0 spiro atoms. The molecule has 1 aliphatic rings. The number of anilines is 1. The van der Waals surface area contributed by atoms with Crippen LogP contribution in [0.15, 0.2) is 42.6 Å². The minimum atomic E-state index is -1.08. The summed E-state index contributed by atoms with van der Waals surface area (Å²) < 4.78 is 1.08. The number of aromatic nitrogens is 3. The van der Waals surface area contributed by atoms with Crippen LogP contribution in [-0.4, -0.2) is 49.1 Å². The monoisotopic (exact) mass is 463 g/mol. The lowest BCUT2D eigenvalue weighted by atomic mass is 10.0. The molecule has 0 saturated carbocycles. The highest BCUT2D eigenvalue weighted by atomic mass is 16.4. The zero-order valence-corrected chi connectivity index (χ0v) is 18.6. The zero-order valence-electron chi connectivity index (χ0n) is 18.6. The molecule has 11 heteroatoms. The number of likely N-dealkylation sites (tertiary alicyclic amines) is 1. The zero-order chi connectivity index (χ0) is 24.4. The highest BCUT2D eigenvalue weighted by molar-refractivity contribution is 6.04. The Hall–Kier alpha value is -4.41. The van der Waals surface area contributed by atoms with E-state index in [9.17, 15) is 19.5 Å². The maximum absolute atomic E-state index is 12.6. The number of nitrogens with zero attached hydrogens (tertiary/aromatic N) is 4. The third-order valence-electron chi connectivity index (χ3n) is 5.79. The summed E-state index contributed by atoms with van der Waals surface area (Å²) in [6, 6.07) is 9.40. The largest absolute Gasteiger partial charge is 0.465 e. The molecule has 1 saturated heterocycles. The van der Waals surface area contributed by atoms with Gasteiger partial charge in [0.05, 0.1) is 6.04 Å². The summed E-state index contributed by atoms with van der Waals surface area (Å²) in [7, 11) is 0. The molecule has 0 aliphatic carbocycles. The Labute approximate surface area is 195 Å². The van der Waals surface area contributed by atoms with Crippen LogP contribution in [0.25, 0.3) is 11.3 Å². The quantitative estimate of drug-likeness (QED) is 0.421. The number of amides is 3. The first-order valence-corrected chi connectivity index (χ1v) is 10.8. The maximum Gasteiger partial charge on any atom is 0.407 e. The maximum atomic E-state index is 12.6. The van der Waals surface area contributed by atoms with E-state index in [1.165, 1.54) is 4.90 Å². The molecule has 6 N–H and O–H groups in total. The van der Waals surface area contributed by atoms with Gasteiger partial charge in [-0.05, 0) is 49.9 Å². The number of piperidine rings is 1. The molecular formula is C23H25N7O4. The van der Waals surface area contributed by atoms with E-state index in [4.69, 9.17) is 11.6 Å². The van der Waals surface area contributed by atoms with Crippen molar-refractivity contribution >= 4 is 23.7 Å². The third kappa shape index (κ3) is 4.40. The molecule has 1 aromatic carbocycles. The minimum absolute atomic E-state index is 0.0352. The van der Waals surface area contributed by atoms with Gasteiger partial charge in [0.25, 0.3) is 11.8 Å². The third-order valence-corrected chi connectivity index (χ3v) is 5.79. The number of rotatable bonds is 5.